The highest BCUT2D eigenvalue weighted by atomic mass is 19.4. The smallest absolute Gasteiger partial charge is 0.206 e. The van der Waals surface area contributed by atoms with Gasteiger partial charge in [0.15, 0.2) is 0 Å². The third-order valence-corrected chi connectivity index (χ3v) is 3.97. The van der Waals surface area contributed by atoms with Crippen molar-refractivity contribution in [2.24, 2.45) is 0 Å². The summed E-state index contributed by atoms with van der Waals surface area (Å²) in [4.78, 5) is 0. The van der Waals surface area contributed by atoms with Gasteiger partial charge in [-0.3, -0.25) is 0 Å². The normalized spacial score (nSPS) is 13.3. The highest BCUT2D eigenvalue weighted by Crippen LogP contribution is 2.42. The van der Waals surface area contributed by atoms with Gasteiger partial charge in [-0.1, -0.05) is 13.8 Å². The third kappa shape index (κ3) is 4.59. The Morgan fingerprint density at radius 3 is 1.46 bits per heavy atom. The van der Waals surface area contributed by atoms with Crippen molar-refractivity contribution in [3.63, 3.8) is 0 Å². The molecule has 2 aromatic carbocycles. The fourth-order valence-corrected chi connectivity index (χ4v) is 2.64. The van der Waals surface area contributed by atoms with Crippen molar-refractivity contribution in [2.75, 3.05) is 0 Å². The van der Waals surface area contributed by atoms with E-state index < -0.39 is 58.1 Å². The van der Waals surface area contributed by atoms with Crippen LogP contribution in [0.4, 0.5) is 43.9 Å². The zero-order chi connectivity index (χ0) is 21.7. The largest absolute Gasteiger partial charge is 0.419 e. The van der Waals surface area contributed by atoms with Crippen molar-refractivity contribution in [3.8, 4) is 11.1 Å². The van der Waals surface area contributed by atoms with E-state index in [0.717, 1.165) is 0 Å². The molecule has 0 saturated carbocycles. The third-order valence-electron chi connectivity index (χ3n) is 3.97. The summed E-state index contributed by atoms with van der Waals surface area (Å²) in [6, 6.07) is 1.21. The fraction of sp³-hybridized carbons (Fsp3) is 0.333. The summed E-state index contributed by atoms with van der Waals surface area (Å²) in [5.74, 6) is -2.33. The highest BCUT2D eigenvalue weighted by Gasteiger charge is 2.38. The lowest BCUT2D eigenvalue weighted by Gasteiger charge is -2.19. The standard InChI is InChI=1S/C18H12F10/c1-8(2)12-7-15(19)14(18(26,27)28)6-13(12)9-3-10(16(20,21)22)5-11(4-9)17(23,24)25/h3-8H,1-2H3. The minimum Gasteiger partial charge on any atom is -0.206 e. The number of hydrogen-bond acceptors (Lipinski definition) is 0. The Labute approximate surface area is 152 Å². The summed E-state index contributed by atoms with van der Waals surface area (Å²) < 4.78 is 131. The van der Waals surface area contributed by atoms with E-state index in [-0.39, 0.29) is 17.7 Å². The van der Waals surface area contributed by atoms with Gasteiger partial charge in [-0.2, -0.15) is 39.5 Å². The van der Waals surface area contributed by atoms with Crippen LogP contribution in [0.25, 0.3) is 11.1 Å². The quantitative estimate of drug-likeness (QED) is 0.439. The molecule has 0 atom stereocenters. The van der Waals surface area contributed by atoms with Crippen molar-refractivity contribution >= 4 is 0 Å². The van der Waals surface area contributed by atoms with Gasteiger partial charge in [-0.25, -0.2) is 4.39 Å². The molecular weight excluding hydrogens is 406 g/mol. The van der Waals surface area contributed by atoms with E-state index in [0.29, 0.717) is 18.2 Å². The molecule has 0 heterocycles. The molecule has 28 heavy (non-hydrogen) atoms. The SMILES string of the molecule is CC(C)c1cc(F)c(C(F)(F)F)cc1-c1cc(C(F)(F)F)cc(C(F)(F)F)c1. The number of rotatable bonds is 2. The summed E-state index contributed by atoms with van der Waals surface area (Å²) in [5, 5.41) is 0. The molecule has 0 saturated heterocycles. The van der Waals surface area contributed by atoms with E-state index >= 15 is 0 Å². The molecule has 0 amide bonds. The second kappa shape index (κ2) is 6.97. The van der Waals surface area contributed by atoms with Crippen LogP contribution in [0.2, 0.25) is 0 Å². The van der Waals surface area contributed by atoms with E-state index in [1.54, 1.807) is 0 Å². The minimum absolute atomic E-state index is 0.132. The predicted molar refractivity (Wildman–Crippen MR) is 80.9 cm³/mol. The molecule has 0 aromatic heterocycles. The Bertz CT molecular complexity index is 837. The molecule has 0 aliphatic heterocycles. The Hall–Kier alpha value is -2.26. The molecule has 0 unspecified atom stereocenters. The Morgan fingerprint density at radius 1 is 0.643 bits per heavy atom. The average Bonchev–Trinajstić information content (AvgIpc) is 2.51. The summed E-state index contributed by atoms with van der Waals surface area (Å²) in [6.07, 6.45) is -15.5. The van der Waals surface area contributed by atoms with Crippen molar-refractivity contribution in [1.82, 2.24) is 0 Å². The van der Waals surface area contributed by atoms with E-state index in [9.17, 15) is 43.9 Å². The van der Waals surface area contributed by atoms with E-state index in [1.807, 2.05) is 0 Å². The van der Waals surface area contributed by atoms with Gasteiger partial charge < -0.3 is 0 Å². The summed E-state index contributed by atoms with van der Waals surface area (Å²) in [5.41, 5.74) is -6.58. The maximum atomic E-state index is 13.9. The van der Waals surface area contributed by atoms with Crippen LogP contribution in [0.1, 0.15) is 42.0 Å². The monoisotopic (exact) mass is 418 g/mol. The molecule has 2 aromatic rings. The number of halogens is 10. The van der Waals surface area contributed by atoms with Crippen LogP contribution >= 0.6 is 0 Å². The van der Waals surface area contributed by atoms with Crippen molar-refractivity contribution in [3.05, 3.63) is 58.4 Å². The van der Waals surface area contributed by atoms with Gasteiger partial charge in [-0.05, 0) is 52.9 Å². The first-order valence-electron chi connectivity index (χ1n) is 7.72. The molecule has 0 fully saturated rings. The van der Waals surface area contributed by atoms with Crippen LogP contribution in [0.15, 0.2) is 30.3 Å². The van der Waals surface area contributed by atoms with Gasteiger partial charge in [0, 0.05) is 0 Å². The van der Waals surface area contributed by atoms with Crippen LogP contribution in [-0.2, 0) is 18.5 Å². The molecule has 0 aliphatic carbocycles. The van der Waals surface area contributed by atoms with Crippen molar-refractivity contribution in [1.29, 1.82) is 0 Å². The average molecular weight is 418 g/mol. The number of alkyl halides is 9. The molecule has 0 nitrogen and oxygen atoms in total. The Morgan fingerprint density at radius 2 is 1.11 bits per heavy atom. The Kier molecular flexibility index (Phi) is 5.48. The molecule has 0 radical (unpaired) electrons. The molecule has 2 rings (SSSR count). The highest BCUT2D eigenvalue weighted by molar-refractivity contribution is 5.71. The number of benzene rings is 2. The van der Waals surface area contributed by atoms with Crippen LogP contribution in [-0.4, -0.2) is 0 Å². The Balaban J connectivity index is 2.89. The van der Waals surface area contributed by atoms with E-state index in [1.165, 1.54) is 13.8 Å². The van der Waals surface area contributed by atoms with Gasteiger partial charge in [0.25, 0.3) is 0 Å². The topological polar surface area (TPSA) is 0 Å². The van der Waals surface area contributed by atoms with Gasteiger partial charge >= 0.3 is 18.5 Å². The first-order valence-corrected chi connectivity index (χ1v) is 7.72. The maximum absolute atomic E-state index is 13.9. The first kappa shape index (κ1) is 22.0. The van der Waals surface area contributed by atoms with Crippen LogP contribution in [0.3, 0.4) is 0 Å². The zero-order valence-corrected chi connectivity index (χ0v) is 14.2. The van der Waals surface area contributed by atoms with Gasteiger partial charge in [0.05, 0.1) is 16.7 Å². The molecule has 154 valence electrons. The summed E-state index contributed by atoms with van der Waals surface area (Å²) >= 11 is 0. The lowest BCUT2D eigenvalue weighted by Crippen LogP contribution is -2.12. The number of hydrogen-bond donors (Lipinski definition) is 0. The maximum Gasteiger partial charge on any atom is 0.419 e. The predicted octanol–water partition coefficient (Wildman–Crippen LogP) is 7.67. The second-order valence-corrected chi connectivity index (χ2v) is 6.37. The summed E-state index contributed by atoms with van der Waals surface area (Å²) in [6.45, 7) is 2.84. The van der Waals surface area contributed by atoms with Crippen LogP contribution in [0, 0.1) is 5.82 Å². The van der Waals surface area contributed by atoms with Gasteiger partial charge in [-0.15, -0.1) is 0 Å². The van der Waals surface area contributed by atoms with Gasteiger partial charge in [0.2, 0.25) is 0 Å². The minimum atomic E-state index is -5.18. The lowest BCUT2D eigenvalue weighted by atomic mass is 9.89. The molecule has 0 bridgehead atoms. The van der Waals surface area contributed by atoms with E-state index in [4.69, 9.17) is 0 Å². The van der Waals surface area contributed by atoms with Crippen LogP contribution in [0.5, 0.6) is 0 Å². The molecule has 10 heteroatoms. The lowest BCUT2D eigenvalue weighted by molar-refractivity contribution is -0.143. The molecule has 0 spiro atoms. The molecule has 0 aliphatic rings. The van der Waals surface area contributed by atoms with Crippen LogP contribution < -0.4 is 0 Å². The fourth-order valence-electron chi connectivity index (χ4n) is 2.64. The van der Waals surface area contributed by atoms with Crippen molar-refractivity contribution < 1.29 is 43.9 Å². The molecular formula is C18H12F10. The first-order chi connectivity index (χ1) is 12.5. The molecule has 0 N–H and O–H groups in total. The summed E-state index contributed by atoms with van der Waals surface area (Å²) in [7, 11) is 0. The van der Waals surface area contributed by atoms with Gasteiger partial charge in [0.1, 0.15) is 5.82 Å². The van der Waals surface area contributed by atoms with E-state index in [2.05, 4.69) is 0 Å². The zero-order valence-electron chi connectivity index (χ0n) is 14.2. The second-order valence-electron chi connectivity index (χ2n) is 6.37. The van der Waals surface area contributed by atoms with Crippen molar-refractivity contribution in [2.45, 2.75) is 38.3 Å².